The summed E-state index contributed by atoms with van der Waals surface area (Å²) in [6.45, 7) is 0.937. The molecule has 0 heterocycles. The molecule has 1 N–H and O–H groups in total. The average molecular weight is 164 g/mol. The predicted octanol–water partition coefficient (Wildman–Crippen LogP) is 1.83. The van der Waals surface area contributed by atoms with Crippen molar-refractivity contribution in [3.8, 4) is 0 Å². The summed E-state index contributed by atoms with van der Waals surface area (Å²) in [5.41, 5.74) is 0.674. The molecule has 0 aliphatic heterocycles. The molecule has 0 aliphatic rings. The van der Waals surface area contributed by atoms with Gasteiger partial charge < -0.3 is 5.32 Å². The quantitative estimate of drug-likeness (QED) is 0.678. The SMILES string of the molecule is [2H]CCCNC(=O)c1ccccc1. The first-order valence-electron chi connectivity index (χ1n) is 4.68. The van der Waals surface area contributed by atoms with Gasteiger partial charge in [-0.05, 0) is 18.6 Å². The van der Waals surface area contributed by atoms with E-state index in [-0.39, 0.29) is 5.91 Å². The van der Waals surface area contributed by atoms with Gasteiger partial charge in [0.2, 0.25) is 0 Å². The van der Waals surface area contributed by atoms with Crippen molar-refractivity contribution in [2.75, 3.05) is 6.54 Å². The minimum atomic E-state index is -0.0611. The molecule has 0 bridgehead atoms. The van der Waals surface area contributed by atoms with Crippen molar-refractivity contribution >= 4 is 5.91 Å². The van der Waals surface area contributed by atoms with Crippen molar-refractivity contribution in [2.45, 2.75) is 13.3 Å². The Morgan fingerprint density at radius 3 is 2.92 bits per heavy atom. The van der Waals surface area contributed by atoms with E-state index in [0.29, 0.717) is 25.4 Å². The van der Waals surface area contributed by atoms with Gasteiger partial charge in [0.25, 0.3) is 5.91 Å². The van der Waals surface area contributed by atoms with Crippen LogP contribution in [0.5, 0.6) is 0 Å². The second kappa shape index (κ2) is 4.54. The van der Waals surface area contributed by atoms with Gasteiger partial charge in [0, 0.05) is 13.5 Å². The normalized spacial score (nSPS) is 10.5. The van der Waals surface area contributed by atoms with Crippen LogP contribution in [0.3, 0.4) is 0 Å². The second-order valence-corrected chi connectivity index (χ2v) is 2.48. The summed E-state index contributed by atoms with van der Waals surface area (Å²) in [7, 11) is 0. The van der Waals surface area contributed by atoms with Gasteiger partial charge in [0.1, 0.15) is 0 Å². The molecule has 1 rings (SSSR count). The van der Waals surface area contributed by atoms with Gasteiger partial charge in [-0.2, -0.15) is 0 Å². The van der Waals surface area contributed by atoms with Gasteiger partial charge in [0.15, 0.2) is 0 Å². The third-order valence-corrected chi connectivity index (χ3v) is 1.50. The summed E-state index contributed by atoms with van der Waals surface area (Å²) in [4.78, 5) is 11.3. The summed E-state index contributed by atoms with van der Waals surface area (Å²) in [5.74, 6) is -0.0611. The second-order valence-electron chi connectivity index (χ2n) is 2.48. The monoisotopic (exact) mass is 164 g/mol. The Labute approximate surface area is 74.0 Å². The minimum absolute atomic E-state index is 0.0611. The summed E-state index contributed by atoms with van der Waals surface area (Å²) in [6, 6.07) is 9.09. The maximum absolute atomic E-state index is 11.3. The summed E-state index contributed by atoms with van der Waals surface area (Å²) < 4.78 is 6.90. The van der Waals surface area contributed by atoms with Gasteiger partial charge in [-0.15, -0.1) is 0 Å². The van der Waals surface area contributed by atoms with E-state index in [4.69, 9.17) is 1.37 Å². The van der Waals surface area contributed by atoms with Crippen LogP contribution in [0.2, 0.25) is 0 Å². The number of hydrogen-bond donors (Lipinski definition) is 1. The lowest BCUT2D eigenvalue weighted by Gasteiger charge is -2.01. The number of hydrogen-bond acceptors (Lipinski definition) is 1. The van der Waals surface area contributed by atoms with Crippen molar-refractivity contribution in [1.29, 1.82) is 0 Å². The van der Waals surface area contributed by atoms with Crippen molar-refractivity contribution in [3.05, 3.63) is 35.9 Å². The highest BCUT2D eigenvalue weighted by atomic mass is 16.1. The molecule has 0 radical (unpaired) electrons. The number of carbonyl (C=O) groups excluding carboxylic acids is 1. The largest absolute Gasteiger partial charge is 0.352 e. The lowest BCUT2D eigenvalue weighted by Crippen LogP contribution is -2.23. The fourth-order valence-corrected chi connectivity index (χ4v) is 0.894. The van der Waals surface area contributed by atoms with Gasteiger partial charge in [-0.3, -0.25) is 4.79 Å². The van der Waals surface area contributed by atoms with E-state index >= 15 is 0 Å². The first-order chi connectivity index (χ1) is 6.34. The Kier molecular flexibility index (Phi) is 2.78. The van der Waals surface area contributed by atoms with Crippen LogP contribution in [0.25, 0.3) is 0 Å². The van der Waals surface area contributed by atoms with E-state index in [1.165, 1.54) is 0 Å². The molecule has 0 saturated carbocycles. The maximum atomic E-state index is 11.3. The van der Waals surface area contributed by atoms with Gasteiger partial charge in [0.05, 0.1) is 0 Å². The van der Waals surface area contributed by atoms with Crippen molar-refractivity contribution < 1.29 is 6.17 Å². The molecule has 0 aliphatic carbocycles. The topological polar surface area (TPSA) is 29.1 Å². The molecular formula is C10H13NO. The first kappa shape index (κ1) is 7.35. The Bertz CT molecular complexity index is 261. The molecule has 0 saturated heterocycles. The summed E-state index contributed by atoms with van der Waals surface area (Å²) in [5, 5.41) is 2.74. The molecular weight excluding hydrogens is 150 g/mol. The molecule has 1 aromatic carbocycles. The molecule has 0 unspecified atom stereocenters. The molecule has 64 valence electrons. The maximum Gasteiger partial charge on any atom is 0.251 e. The lowest BCUT2D eigenvalue weighted by molar-refractivity contribution is 0.0953. The zero-order valence-electron chi connectivity index (χ0n) is 7.92. The number of benzene rings is 1. The van der Waals surface area contributed by atoms with Crippen molar-refractivity contribution in [2.24, 2.45) is 0 Å². The van der Waals surface area contributed by atoms with Crippen LogP contribution in [0.1, 0.15) is 25.0 Å². The fourth-order valence-electron chi connectivity index (χ4n) is 0.894. The zero-order valence-corrected chi connectivity index (χ0v) is 6.92. The predicted molar refractivity (Wildman–Crippen MR) is 49.1 cm³/mol. The molecule has 0 aromatic heterocycles. The van der Waals surface area contributed by atoms with E-state index in [0.717, 1.165) is 0 Å². The molecule has 1 amide bonds. The van der Waals surface area contributed by atoms with Crippen LogP contribution in [0.4, 0.5) is 0 Å². The summed E-state index contributed by atoms with van der Waals surface area (Å²) in [6.07, 6.45) is 0.707. The van der Waals surface area contributed by atoms with E-state index in [9.17, 15) is 4.79 Å². The average Bonchev–Trinajstić information content (AvgIpc) is 2.19. The minimum Gasteiger partial charge on any atom is -0.352 e. The van der Waals surface area contributed by atoms with Crippen LogP contribution >= 0.6 is 0 Å². The third-order valence-electron chi connectivity index (χ3n) is 1.50. The van der Waals surface area contributed by atoms with Crippen LogP contribution in [0.15, 0.2) is 30.3 Å². The standard InChI is InChI=1S/C10H13NO/c1-2-8-11-10(12)9-6-4-3-5-7-9/h3-7H,2,8H2,1H3,(H,11,12)/i1D. The number of rotatable bonds is 3. The third kappa shape index (κ3) is 2.38. The van der Waals surface area contributed by atoms with Crippen LogP contribution in [0, 0.1) is 0 Å². The van der Waals surface area contributed by atoms with E-state index < -0.39 is 0 Å². The number of carbonyl (C=O) groups is 1. The summed E-state index contributed by atoms with van der Waals surface area (Å²) >= 11 is 0. The molecule has 0 fully saturated rings. The fraction of sp³-hybridized carbons (Fsp3) is 0.300. The first-order valence-corrected chi connectivity index (χ1v) is 3.97. The highest BCUT2D eigenvalue weighted by molar-refractivity contribution is 5.94. The van der Waals surface area contributed by atoms with Gasteiger partial charge in [-0.25, -0.2) is 0 Å². The molecule has 2 heteroatoms. The molecule has 0 atom stereocenters. The van der Waals surface area contributed by atoms with Gasteiger partial charge in [-0.1, -0.05) is 25.1 Å². The van der Waals surface area contributed by atoms with Crippen molar-refractivity contribution in [1.82, 2.24) is 5.32 Å². The highest BCUT2D eigenvalue weighted by Crippen LogP contribution is 1.97. The zero-order chi connectivity index (χ0) is 9.52. The molecule has 2 nitrogen and oxygen atoms in total. The molecule has 1 aromatic rings. The van der Waals surface area contributed by atoms with E-state index in [1.807, 2.05) is 18.2 Å². The van der Waals surface area contributed by atoms with Crippen LogP contribution in [-0.2, 0) is 0 Å². The van der Waals surface area contributed by atoms with E-state index in [1.54, 1.807) is 12.1 Å². The number of nitrogens with one attached hydrogen (secondary N) is 1. The van der Waals surface area contributed by atoms with Crippen molar-refractivity contribution in [3.63, 3.8) is 0 Å². The van der Waals surface area contributed by atoms with Crippen LogP contribution in [-0.4, -0.2) is 12.5 Å². The Hall–Kier alpha value is -1.31. The highest BCUT2D eigenvalue weighted by Gasteiger charge is 2.00. The van der Waals surface area contributed by atoms with Crippen LogP contribution < -0.4 is 5.32 Å². The smallest absolute Gasteiger partial charge is 0.251 e. The Morgan fingerprint density at radius 1 is 1.50 bits per heavy atom. The van der Waals surface area contributed by atoms with Gasteiger partial charge >= 0.3 is 0 Å². The van der Waals surface area contributed by atoms with E-state index in [2.05, 4.69) is 5.32 Å². The molecule has 0 spiro atoms. The Balaban J connectivity index is 2.40. The molecule has 12 heavy (non-hydrogen) atoms. The lowest BCUT2D eigenvalue weighted by atomic mass is 10.2. The number of amides is 1. The Morgan fingerprint density at radius 2 is 2.25 bits per heavy atom.